The zero-order chi connectivity index (χ0) is 23.3. The molecule has 1 aliphatic heterocycles. The lowest BCUT2D eigenvalue weighted by atomic mass is 10.1. The van der Waals surface area contributed by atoms with E-state index in [0.717, 1.165) is 25.9 Å². The molecule has 2 aromatic heterocycles. The molecular weight excluding hydrogens is 442 g/mol. The maximum atomic E-state index is 13.0. The lowest BCUT2D eigenvalue weighted by Crippen LogP contribution is -2.33. The number of pyridine rings is 1. The Hall–Kier alpha value is -3.41. The Morgan fingerprint density at radius 2 is 1.88 bits per heavy atom. The van der Waals surface area contributed by atoms with Crippen LogP contribution in [0.3, 0.4) is 0 Å². The van der Waals surface area contributed by atoms with E-state index in [1.807, 2.05) is 0 Å². The molecule has 172 valence electrons. The summed E-state index contributed by atoms with van der Waals surface area (Å²) in [5.74, 6) is -0.636. The zero-order valence-corrected chi connectivity index (χ0v) is 18.8. The standard InChI is InChI=1S/C22H25N7O3S/c23-21-20(22(30)27-16-6-5-9-24-14-16)28-18(15-25-21)17-7-1-2-8-19(17)33(31,32)26-10-13-29-11-3-4-12-29/h1-2,5-9,14-15,26H,3-4,10-13H2,(H2,23,25)(H,27,30). The van der Waals surface area contributed by atoms with E-state index in [4.69, 9.17) is 5.73 Å². The van der Waals surface area contributed by atoms with Crippen molar-refractivity contribution in [3.63, 3.8) is 0 Å². The molecule has 0 atom stereocenters. The normalized spacial score (nSPS) is 14.3. The molecule has 3 aromatic rings. The predicted molar refractivity (Wildman–Crippen MR) is 125 cm³/mol. The van der Waals surface area contributed by atoms with E-state index < -0.39 is 15.9 Å². The molecule has 4 rings (SSSR count). The molecule has 0 aliphatic carbocycles. The first-order valence-corrected chi connectivity index (χ1v) is 12.1. The minimum absolute atomic E-state index is 0.0594. The molecule has 1 aromatic carbocycles. The Labute approximate surface area is 192 Å². The van der Waals surface area contributed by atoms with Gasteiger partial charge in [-0.2, -0.15) is 0 Å². The number of carbonyl (C=O) groups is 1. The van der Waals surface area contributed by atoms with Crippen LogP contribution >= 0.6 is 0 Å². The second kappa shape index (κ2) is 10.0. The molecule has 1 amide bonds. The first-order valence-electron chi connectivity index (χ1n) is 10.6. The van der Waals surface area contributed by atoms with E-state index in [-0.39, 0.29) is 22.1 Å². The number of hydrogen-bond donors (Lipinski definition) is 3. The van der Waals surface area contributed by atoms with Crippen molar-refractivity contribution in [3.8, 4) is 11.3 Å². The van der Waals surface area contributed by atoms with Crippen LogP contribution in [0.5, 0.6) is 0 Å². The van der Waals surface area contributed by atoms with Crippen molar-refractivity contribution < 1.29 is 13.2 Å². The van der Waals surface area contributed by atoms with Crippen LogP contribution in [0.1, 0.15) is 23.3 Å². The summed E-state index contributed by atoms with van der Waals surface area (Å²) in [6, 6.07) is 9.82. The lowest BCUT2D eigenvalue weighted by Gasteiger charge is -2.16. The van der Waals surface area contributed by atoms with Gasteiger partial charge in [0.2, 0.25) is 10.0 Å². The molecule has 0 spiro atoms. The summed E-state index contributed by atoms with van der Waals surface area (Å²) in [5, 5.41) is 2.66. The fourth-order valence-electron chi connectivity index (χ4n) is 3.66. The monoisotopic (exact) mass is 467 g/mol. The third-order valence-corrected chi connectivity index (χ3v) is 6.83. The largest absolute Gasteiger partial charge is 0.382 e. The maximum Gasteiger partial charge on any atom is 0.278 e. The van der Waals surface area contributed by atoms with Gasteiger partial charge in [-0.25, -0.2) is 23.1 Å². The first-order chi connectivity index (χ1) is 15.9. The summed E-state index contributed by atoms with van der Waals surface area (Å²) in [6.45, 7) is 2.94. The number of nitrogens with two attached hydrogens (primary N) is 1. The summed E-state index contributed by atoms with van der Waals surface area (Å²) >= 11 is 0. The Balaban J connectivity index is 1.58. The smallest absolute Gasteiger partial charge is 0.278 e. The van der Waals surface area contributed by atoms with Gasteiger partial charge in [-0.05, 0) is 44.1 Å². The highest BCUT2D eigenvalue weighted by Gasteiger charge is 2.22. The number of hydrogen-bond acceptors (Lipinski definition) is 8. The fraction of sp³-hybridized carbons (Fsp3) is 0.273. The highest BCUT2D eigenvalue weighted by atomic mass is 32.2. The number of benzene rings is 1. The molecule has 33 heavy (non-hydrogen) atoms. The van der Waals surface area contributed by atoms with Crippen LogP contribution in [0.25, 0.3) is 11.3 Å². The van der Waals surface area contributed by atoms with Crippen LogP contribution in [0, 0.1) is 0 Å². The van der Waals surface area contributed by atoms with E-state index in [1.165, 1.54) is 18.5 Å². The van der Waals surface area contributed by atoms with Crippen molar-refractivity contribution in [2.75, 3.05) is 37.2 Å². The van der Waals surface area contributed by atoms with Gasteiger partial charge in [-0.15, -0.1) is 0 Å². The Morgan fingerprint density at radius 1 is 1.09 bits per heavy atom. The number of likely N-dealkylation sites (tertiary alicyclic amines) is 1. The molecule has 11 heteroatoms. The van der Waals surface area contributed by atoms with Crippen LogP contribution in [0.15, 0.2) is 59.9 Å². The van der Waals surface area contributed by atoms with Crippen molar-refractivity contribution in [1.82, 2.24) is 24.6 Å². The topological polar surface area (TPSA) is 143 Å². The van der Waals surface area contributed by atoms with Gasteiger partial charge in [0, 0.05) is 24.8 Å². The van der Waals surface area contributed by atoms with Gasteiger partial charge in [-0.1, -0.05) is 18.2 Å². The molecule has 0 unspecified atom stereocenters. The van der Waals surface area contributed by atoms with Crippen LogP contribution in [0.4, 0.5) is 11.5 Å². The number of sulfonamides is 1. The second-order valence-corrected chi connectivity index (χ2v) is 9.36. The molecule has 0 bridgehead atoms. The van der Waals surface area contributed by atoms with Gasteiger partial charge < -0.3 is 16.0 Å². The molecule has 0 radical (unpaired) electrons. The third kappa shape index (κ3) is 5.51. The summed E-state index contributed by atoms with van der Waals surface area (Å²) in [6.07, 6.45) is 6.71. The van der Waals surface area contributed by atoms with Gasteiger partial charge in [0.1, 0.15) is 0 Å². The van der Waals surface area contributed by atoms with Crippen LogP contribution in [-0.2, 0) is 10.0 Å². The highest BCUT2D eigenvalue weighted by Crippen LogP contribution is 2.26. The number of amides is 1. The number of nitrogens with one attached hydrogen (secondary N) is 2. The molecule has 1 fully saturated rings. The van der Waals surface area contributed by atoms with E-state index in [1.54, 1.807) is 36.5 Å². The highest BCUT2D eigenvalue weighted by molar-refractivity contribution is 7.89. The average Bonchev–Trinajstić information content (AvgIpc) is 3.33. The molecule has 4 N–H and O–H groups in total. The number of anilines is 2. The Bertz CT molecular complexity index is 1230. The van der Waals surface area contributed by atoms with Crippen molar-refractivity contribution in [3.05, 3.63) is 60.7 Å². The molecule has 3 heterocycles. The van der Waals surface area contributed by atoms with Crippen LogP contribution < -0.4 is 15.8 Å². The summed E-state index contributed by atoms with van der Waals surface area (Å²) < 4.78 is 28.7. The number of rotatable bonds is 8. The summed E-state index contributed by atoms with van der Waals surface area (Å²) in [7, 11) is -3.81. The van der Waals surface area contributed by atoms with E-state index in [2.05, 4.69) is 29.9 Å². The van der Waals surface area contributed by atoms with Crippen LogP contribution in [-0.4, -0.2) is 60.4 Å². The fourth-order valence-corrected chi connectivity index (χ4v) is 4.89. The third-order valence-electron chi connectivity index (χ3n) is 5.31. The van der Waals surface area contributed by atoms with E-state index >= 15 is 0 Å². The van der Waals surface area contributed by atoms with Gasteiger partial charge in [0.25, 0.3) is 5.91 Å². The number of nitrogens with zero attached hydrogens (tertiary/aromatic N) is 4. The minimum atomic E-state index is -3.81. The molecule has 10 nitrogen and oxygen atoms in total. The quantitative estimate of drug-likeness (QED) is 0.455. The maximum absolute atomic E-state index is 13.0. The minimum Gasteiger partial charge on any atom is -0.382 e. The first kappa shape index (κ1) is 22.8. The Kier molecular flexibility index (Phi) is 6.92. The Morgan fingerprint density at radius 3 is 2.64 bits per heavy atom. The molecular formula is C22H25N7O3S. The zero-order valence-electron chi connectivity index (χ0n) is 17.9. The van der Waals surface area contributed by atoms with Gasteiger partial charge >= 0.3 is 0 Å². The molecule has 0 saturated carbocycles. The van der Waals surface area contributed by atoms with Crippen molar-refractivity contribution in [1.29, 1.82) is 0 Å². The SMILES string of the molecule is Nc1ncc(-c2ccccc2S(=O)(=O)NCCN2CCCC2)nc1C(=O)Nc1cccnc1. The second-order valence-electron chi connectivity index (χ2n) is 7.63. The van der Waals surface area contributed by atoms with Crippen molar-refractivity contribution in [2.45, 2.75) is 17.7 Å². The number of aromatic nitrogens is 3. The molecule has 1 aliphatic rings. The lowest BCUT2D eigenvalue weighted by molar-refractivity contribution is 0.102. The van der Waals surface area contributed by atoms with Gasteiger partial charge in [-0.3, -0.25) is 9.78 Å². The predicted octanol–water partition coefficient (Wildman–Crippen LogP) is 1.75. The number of carbonyl (C=O) groups excluding carboxylic acids is 1. The van der Waals surface area contributed by atoms with E-state index in [0.29, 0.717) is 24.3 Å². The molecule has 1 saturated heterocycles. The average molecular weight is 468 g/mol. The van der Waals surface area contributed by atoms with Crippen LogP contribution in [0.2, 0.25) is 0 Å². The van der Waals surface area contributed by atoms with Gasteiger partial charge in [0.05, 0.1) is 28.7 Å². The summed E-state index contributed by atoms with van der Waals surface area (Å²) in [5.41, 5.74) is 6.80. The van der Waals surface area contributed by atoms with E-state index in [9.17, 15) is 13.2 Å². The van der Waals surface area contributed by atoms with Crippen molar-refractivity contribution >= 4 is 27.4 Å². The van der Waals surface area contributed by atoms with Gasteiger partial charge in [0.15, 0.2) is 11.5 Å². The summed E-state index contributed by atoms with van der Waals surface area (Å²) in [4.78, 5) is 27.4. The number of nitrogen functional groups attached to an aromatic ring is 1. The van der Waals surface area contributed by atoms with Crippen molar-refractivity contribution in [2.24, 2.45) is 0 Å².